The Morgan fingerprint density at radius 1 is 1.08 bits per heavy atom. The van der Waals surface area contributed by atoms with Gasteiger partial charge in [0.1, 0.15) is 29.9 Å². The second kappa shape index (κ2) is 11.1. The van der Waals surface area contributed by atoms with E-state index in [1.165, 1.54) is 28.1 Å². The minimum Gasteiger partial charge on any atom is -0.381 e. The normalized spacial score (nSPS) is 16.9. The number of nitrogens with zero attached hydrogens (tertiary/aromatic N) is 9. The Morgan fingerprint density at radius 2 is 1.84 bits per heavy atom. The molecular formula is C25H28ClF2N9O. The molecule has 1 saturated heterocycles. The summed E-state index contributed by atoms with van der Waals surface area (Å²) in [7, 11) is 0. The number of aromatic nitrogens is 7. The van der Waals surface area contributed by atoms with Gasteiger partial charge in [0.15, 0.2) is 5.82 Å². The lowest BCUT2D eigenvalue weighted by molar-refractivity contribution is -0.0384. The second-order valence-corrected chi connectivity index (χ2v) is 9.85. The highest BCUT2D eigenvalue weighted by molar-refractivity contribution is 6.30. The van der Waals surface area contributed by atoms with Gasteiger partial charge in [-0.2, -0.15) is 5.10 Å². The first-order chi connectivity index (χ1) is 18.3. The molecule has 1 N–H and O–H groups in total. The average Bonchev–Trinajstić information content (AvgIpc) is 3.60. The molecule has 0 aliphatic carbocycles. The number of rotatable bonds is 9. The van der Waals surface area contributed by atoms with E-state index in [-0.39, 0.29) is 12.1 Å². The van der Waals surface area contributed by atoms with Crippen molar-refractivity contribution in [3.63, 3.8) is 0 Å². The average molecular weight is 544 g/mol. The smallest absolute Gasteiger partial charge is 0.153 e. The van der Waals surface area contributed by atoms with Crippen molar-refractivity contribution < 1.29 is 13.9 Å². The van der Waals surface area contributed by atoms with Gasteiger partial charge in [-0.3, -0.25) is 4.90 Å². The van der Waals surface area contributed by atoms with E-state index in [1.54, 1.807) is 6.92 Å². The van der Waals surface area contributed by atoms with Crippen LogP contribution in [0, 0.1) is 11.6 Å². The van der Waals surface area contributed by atoms with Gasteiger partial charge in [0.2, 0.25) is 0 Å². The third-order valence-corrected chi connectivity index (χ3v) is 7.35. The Bertz CT molecular complexity index is 1340. The van der Waals surface area contributed by atoms with Crippen LogP contribution in [0.2, 0.25) is 5.02 Å². The molecule has 1 aliphatic rings. The summed E-state index contributed by atoms with van der Waals surface area (Å²) in [5.74, 6) is -1.05. The molecule has 38 heavy (non-hydrogen) atoms. The first kappa shape index (κ1) is 26.1. The van der Waals surface area contributed by atoms with Crippen molar-refractivity contribution >= 4 is 17.3 Å². The van der Waals surface area contributed by atoms with Crippen molar-refractivity contribution in [3.05, 3.63) is 83.2 Å². The van der Waals surface area contributed by atoms with Crippen LogP contribution in [0.3, 0.4) is 0 Å². The lowest BCUT2D eigenvalue weighted by Crippen LogP contribution is -2.47. The molecule has 4 aromatic rings. The molecule has 0 radical (unpaired) electrons. The van der Waals surface area contributed by atoms with Gasteiger partial charge in [-0.15, -0.1) is 5.10 Å². The number of hydrogen-bond acceptors (Lipinski definition) is 8. The fourth-order valence-corrected chi connectivity index (χ4v) is 4.99. The molecule has 0 spiro atoms. The summed E-state index contributed by atoms with van der Waals surface area (Å²) in [5, 5.41) is 28.8. The van der Waals surface area contributed by atoms with Gasteiger partial charge in [0, 0.05) is 61.5 Å². The zero-order chi connectivity index (χ0) is 26.7. The number of hydrogen-bond donors (Lipinski definition) is 1. The monoisotopic (exact) mass is 543 g/mol. The SMILES string of the molecule is C[C@H](n1nnnc1CCN1CCN(c2ccc(Cl)cc2)CC1)[C@](O)(Cn1cncn1)c1ccc(F)cc1F. The fraction of sp³-hybridized carbons (Fsp3) is 0.400. The molecule has 13 heteroatoms. The summed E-state index contributed by atoms with van der Waals surface area (Å²) >= 11 is 6.01. The highest BCUT2D eigenvalue weighted by Gasteiger charge is 2.42. The molecule has 5 rings (SSSR count). The Balaban J connectivity index is 1.29. The summed E-state index contributed by atoms with van der Waals surface area (Å²) in [5.41, 5.74) is -0.784. The predicted octanol–water partition coefficient (Wildman–Crippen LogP) is 2.71. The molecule has 200 valence electrons. The van der Waals surface area contributed by atoms with E-state index in [0.29, 0.717) is 18.8 Å². The van der Waals surface area contributed by atoms with E-state index in [0.717, 1.165) is 49.0 Å². The zero-order valence-electron chi connectivity index (χ0n) is 20.8. The molecule has 0 amide bonds. The van der Waals surface area contributed by atoms with Crippen LogP contribution >= 0.6 is 11.6 Å². The van der Waals surface area contributed by atoms with Crippen molar-refractivity contribution in [1.82, 2.24) is 39.9 Å². The van der Waals surface area contributed by atoms with E-state index < -0.39 is 23.3 Å². The highest BCUT2D eigenvalue weighted by atomic mass is 35.5. The summed E-state index contributed by atoms with van der Waals surface area (Å²) in [6.45, 7) is 5.78. The van der Waals surface area contributed by atoms with Gasteiger partial charge < -0.3 is 10.0 Å². The molecule has 1 aliphatic heterocycles. The van der Waals surface area contributed by atoms with Crippen LogP contribution in [-0.2, 0) is 18.6 Å². The first-order valence-electron chi connectivity index (χ1n) is 12.3. The maximum absolute atomic E-state index is 14.9. The summed E-state index contributed by atoms with van der Waals surface area (Å²) in [6.07, 6.45) is 3.27. The topological polar surface area (TPSA) is 101 Å². The molecule has 2 aromatic carbocycles. The zero-order valence-corrected chi connectivity index (χ0v) is 21.6. The van der Waals surface area contributed by atoms with E-state index >= 15 is 0 Å². The molecule has 0 bridgehead atoms. The minimum atomic E-state index is -1.85. The number of aliphatic hydroxyl groups is 1. The lowest BCUT2D eigenvalue weighted by Gasteiger charge is -2.36. The van der Waals surface area contributed by atoms with Crippen LogP contribution in [-0.4, -0.2) is 77.7 Å². The maximum Gasteiger partial charge on any atom is 0.153 e. The Hall–Kier alpha value is -3.48. The van der Waals surface area contributed by atoms with Crippen molar-refractivity contribution in [2.75, 3.05) is 37.6 Å². The van der Waals surface area contributed by atoms with Gasteiger partial charge in [0.05, 0.1) is 12.6 Å². The van der Waals surface area contributed by atoms with Crippen LogP contribution in [0.15, 0.2) is 55.1 Å². The highest BCUT2D eigenvalue weighted by Crippen LogP contribution is 2.36. The van der Waals surface area contributed by atoms with Crippen LogP contribution in [0.1, 0.15) is 24.4 Å². The maximum atomic E-state index is 14.9. The fourth-order valence-electron chi connectivity index (χ4n) is 4.86. The lowest BCUT2D eigenvalue weighted by atomic mass is 9.86. The summed E-state index contributed by atoms with van der Waals surface area (Å²) < 4.78 is 31.5. The third kappa shape index (κ3) is 5.52. The quantitative estimate of drug-likeness (QED) is 0.344. The molecule has 1 fully saturated rings. The Kier molecular flexibility index (Phi) is 7.63. The van der Waals surface area contributed by atoms with E-state index in [1.807, 2.05) is 24.3 Å². The first-order valence-corrected chi connectivity index (χ1v) is 12.7. The van der Waals surface area contributed by atoms with E-state index in [4.69, 9.17) is 11.6 Å². The Morgan fingerprint density at radius 3 is 2.53 bits per heavy atom. The number of tetrazole rings is 1. The molecular weight excluding hydrogens is 516 g/mol. The largest absolute Gasteiger partial charge is 0.381 e. The predicted molar refractivity (Wildman–Crippen MR) is 137 cm³/mol. The van der Waals surface area contributed by atoms with Crippen LogP contribution in [0.25, 0.3) is 0 Å². The van der Waals surface area contributed by atoms with E-state index in [9.17, 15) is 13.9 Å². The summed E-state index contributed by atoms with van der Waals surface area (Å²) in [4.78, 5) is 8.56. The van der Waals surface area contributed by atoms with Crippen LogP contribution in [0.4, 0.5) is 14.5 Å². The number of piperazine rings is 1. The van der Waals surface area contributed by atoms with Gasteiger partial charge >= 0.3 is 0 Å². The van der Waals surface area contributed by atoms with Crippen molar-refractivity contribution in [2.24, 2.45) is 0 Å². The molecule has 2 atom stereocenters. The van der Waals surface area contributed by atoms with Crippen molar-refractivity contribution in [1.29, 1.82) is 0 Å². The standard InChI is InChI=1S/C25H28ClF2N9O/c1-18(25(38,15-36-17-29-16-30-36)22-7-4-20(27)14-23(22)28)37-24(31-32-33-37)8-9-34-10-12-35(13-11-34)21-5-2-19(26)3-6-21/h2-7,14,16-18,38H,8-13,15H2,1H3/t18-,25+/m0/s1. The third-order valence-electron chi connectivity index (χ3n) is 7.10. The van der Waals surface area contributed by atoms with Crippen LogP contribution in [0.5, 0.6) is 0 Å². The second-order valence-electron chi connectivity index (χ2n) is 9.41. The van der Waals surface area contributed by atoms with Crippen LogP contribution < -0.4 is 4.90 Å². The van der Waals surface area contributed by atoms with E-state index in [2.05, 4.69) is 35.4 Å². The van der Waals surface area contributed by atoms with Gasteiger partial charge in [0.25, 0.3) is 0 Å². The molecule has 10 nitrogen and oxygen atoms in total. The van der Waals surface area contributed by atoms with Crippen molar-refractivity contribution in [3.8, 4) is 0 Å². The molecule has 0 saturated carbocycles. The number of benzene rings is 2. The molecule has 0 unspecified atom stereocenters. The summed E-state index contributed by atoms with van der Waals surface area (Å²) in [6, 6.07) is 10.1. The minimum absolute atomic E-state index is 0.0818. The van der Waals surface area contributed by atoms with Crippen molar-refractivity contribution in [2.45, 2.75) is 31.5 Å². The number of anilines is 1. The molecule has 3 heterocycles. The number of halogens is 3. The van der Waals surface area contributed by atoms with Gasteiger partial charge in [-0.1, -0.05) is 17.7 Å². The Labute approximate surface area is 223 Å². The van der Waals surface area contributed by atoms with Gasteiger partial charge in [-0.05, 0) is 47.7 Å². The molecule has 2 aromatic heterocycles. The van der Waals surface area contributed by atoms with Gasteiger partial charge in [-0.25, -0.2) is 23.1 Å².